The summed E-state index contributed by atoms with van der Waals surface area (Å²) in [6.07, 6.45) is -13.7. The van der Waals surface area contributed by atoms with Gasteiger partial charge in [-0.1, -0.05) is 30.3 Å². The first-order chi connectivity index (χ1) is 16.7. The van der Waals surface area contributed by atoms with Gasteiger partial charge in [-0.05, 0) is 53.6 Å². The first kappa shape index (κ1) is 27.3. The van der Waals surface area contributed by atoms with Crippen molar-refractivity contribution in [1.82, 2.24) is 5.32 Å². The number of hydrogen-bond acceptors (Lipinski definition) is 3. The summed E-state index contributed by atoms with van der Waals surface area (Å²) >= 11 is 0. The molecule has 194 valence electrons. The van der Waals surface area contributed by atoms with Gasteiger partial charge in [0.05, 0.1) is 6.04 Å². The molecule has 0 aliphatic rings. The molecule has 3 aromatic rings. The number of rotatable bonds is 8. The lowest BCUT2D eigenvalue weighted by atomic mass is 9.95. The van der Waals surface area contributed by atoms with Gasteiger partial charge in [-0.2, -0.15) is 35.1 Å². The van der Waals surface area contributed by atoms with E-state index in [1.807, 2.05) is 0 Å². The lowest BCUT2D eigenvalue weighted by Gasteiger charge is -2.25. The highest BCUT2D eigenvalue weighted by Crippen LogP contribution is 2.44. The molecule has 0 radical (unpaired) electrons. The Kier molecular flexibility index (Phi) is 7.89. The molecule has 1 unspecified atom stereocenters. The van der Waals surface area contributed by atoms with Gasteiger partial charge in [0.15, 0.2) is 6.10 Å². The molecule has 3 aromatic carbocycles. The second-order valence-corrected chi connectivity index (χ2v) is 7.72. The Morgan fingerprint density at radius 1 is 0.750 bits per heavy atom. The Bertz CT molecular complexity index is 1160. The van der Waals surface area contributed by atoms with Gasteiger partial charge in [-0.25, -0.2) is 4.39 Å². The fourth-order valence-corrected chi connectivity index (χ4v) is 3.25. The molecule has 0 spiro atoms. The van der Waals surface area contributed by atoms with Crippen molar-refractivity contribution in [2.45, 2.75) is 30.4 Å². The number of alkyl halides is 8. The molecule has 0 heterocycles. The Labute approximate surface area is 199 Å². The molecule has 3 rings (SSSR count). The van der Waals surface area contributed by atoms with Gasteiger partial charge in [0, 0.05) is 12.1 Å². The molecular formula is C24H18F9NO2. The largest absolute Gasteiger partial charge is 0.458 e. The molecule has 12 heteroatoms. The standard InChI is InChI=1S/C24H18F9NO2/c25-17-7-9-18(10-8-17)36-19-6-2-4-15(12-19)21(34-13-20(35)23(28,29)30)14-3-1-5-16(11-14)22(26,27)24(31,32)33/h1-12,20-21,34-35H,13H2/t20-,21?/m1/s1. The maximum absolute atomic E-state index is 13.9. The van der Waals surface area contributed by atoms with Crippen LogP contribution in [-0.2, 0) is 5.92 Å². The van der Waals surface area contributed by atoms with Crippen molar-refractivity contribution in [1.29, 1.82) is 0 Å². The number of aliphatic hydroxyl groups is 1. The number of aliphatic hydroxyl groups excluding tert-OH is 1. The molecule has 0 aromatic heterocycles. The Morgan fingerprint density at radius 3 is 1.92 bits per heavy atom. The van der Waals surface area contributed by atoms with E-state index >= 15 is 0 Å². The van der Waals surface area contributed by atoms with Crippen molar-refractivity contribution in [2.24, 2.45) is 0 Å². The maximum Gasteiger partial charge on any atom is 0.458 e. The minimum absolute atomic E-state index is 0.124. The molecule has 0 amide bonds. The van der Waals surface area contributed by atoms with E-state index in [4.69, 9.17) is 4.74 Å². The molecule has 36 heavy (non-hydrogen) atoms. The van der Waals surface area contributed by atoms with Crippen molar-refractivity contribution < 1.29 is 49.4 Å². The topological polar surface area (TPSA) is 41.5 Å². The van der Waals surface area contributed by atoms with E-state index in [-0.39, 0.29) is 22.6 Å². The van der Waals surface area contributed by atoms with Crippen LogP contribution in [0.25, 0.3) is 0 Å². The van der Waals surface area contributed by atoms with Gasteiger partial charge < -0.3 is 15.2 Å². The van der Waals surface area contributed by atoms with Crippen LogP contribution in [0, 0.1) is 5.82 Å². The number of ether oxygens (including phenoxy) is 1. The first-order valence-corrected chi connectivity index (χ1v) is 10.2. The van der Waals surface area contributed by atoms with Crippen LogP contribution in [0.15, 0.2) is 72.8 Å². The Morgan fingerprint density at radius 2 is 1.33 bits per heavy atom. The number of hydrogen-bond donors (Lipinski definition) is 2. The molecule has 0 fully saturated rings. The quantitative estimate of drug-likeness (QED) is 0.317. The van der Waals surface area contributed by atoms with Crippen LogP contribution in [0.1, 0.15) is 22.7 Å². The first-order valence-electron chi connectivity index (χ1n) is 10.2. The highest BCUT2D eigenvalue weighted by Gasteiger charge is 2.58. The monoisotopic (exact) mass is 523 g/mol. The van der Waals surface area contributed by atoms with E-state index in [9.17, 15) is 44.6 Å². The van der Waals surface area contributed by atoms with Crippen LogP contribution < -0.4 is 10.1 Å². The van der Waals surface area contributed by atoms with Gasteiger partial charge in [0.25, 0.3) is 0 Å². The lowest BCUT2D eigenvalue weighted by molar-refractivity contribution is -0.289. The summed E-state index contributed by atoms with van der Waals surface area (Å²) in [5, 5.41) is 11.8. The van der Waals surface area contributed by atoms with Crippen molar-refractivity contribution in [3.63, 3.8) is 0 Å². The Hall–Kier alpha value is -3.25. The van der Waals surface area contributed by atoms with Crippen LogP contribution in [0.5, 0.6) is 11.5 Å². The number of halogens is 9. The molecule has 2 atom stereocenters. The van der Waals surface area contributed by atoms with E-state index in [1.54, 1.807) is 0 Å². The summed E-state index contributed by atoms with van der Waals surface area (Å²) in [5.74, 6) is -5.41. The molecule has 0 saturated carbocycles. The van der Waals surface area contributed by atoms with Crippen molar-refractivity contribution in [3.8, 4) is 11.5 Å². The summed E-state index contributed by atoms with van der Waals surface area (Å²) < 4.78 is 124. The van der Waals surface area contributed by atoms with Crippen molar-refractivity contribution in [2.75, 3.05) is 6.54 Å². The average Bonchev–Trinajstić information content (AvgIpc) is 2.80. The minimum Gasteiger partial charge on any atom is -0.457 e. The zero-order chi connectivity index (χ0) is 26.7. The summed E-state index contributed by atoms with van der Waals surface area (Å²) in [4.78, 5) is 0. The van der Waals surface area contributed by atoms with Crippen LogP contribution in [0.4, 0.5) is 39.5 Å². The van der Waals surface area contributed by atoms with E-state index < -0.39 is 48.3 Å². The van der Waals surface area contributed by atoms with Crippen molar-refractivity contribution >= 4 is 0 Å². The SMILES string of the molecule is O[C@H](CNC(c1cccc(Oc2ccc(F)cc2)c1)c1cccc(C(F)(F)C(F)(F)F)c1)C(F)(F)F. The zero-order valence-electron chi connectivity index (χ0n) is 18.0. The zero-order valence-corrected chi connectivity index (χ0v) is 18.0. The van der Waals surface area contributed by atoms with Crippen LogP contribution in [0.2, 0.25) is 0 Å². The van der Waals surface area contributed by atoms with Crippen LogP contribution in [-0.4, -0.2) is 30.1 Å². The molecular weight excluding hydrogens is 505 g/mol. The second-order valence-electron chi connectivity index (χ2n) is 7.72. The molecule has 0 bridgehead atoms. The van der Waals surface area contributed by atoms with E-state index in [0.29, 0.717) is 12.1 Å². The van der Waals surface area contributed by atoms with E-state index in [2.05, 4.69) is 5.32 Å². The third-order valence-corrected chi connectivity index (χ3v) is 5.07. The average molecular weight is 523 g/mol. The lowest BCUT2D eigenvalue weighted by Crippen LogP contribution is -2.40. The number of nitrogens with one attached hydrogen (secondary N) is 1. The summed E-state index contributed by atoms with van der Waals surface area (Å²) in [5.41, 5.74) is -1.49. The van der Waals surface area contributed by atoms with E-state index in [1.165, 1.54) is 36.4 Å². The normalized spacial score (nSPS) is 14.4. The molecule has 0 aliphatic carbocycles. The Balaban J connectivity index is 1.99. The second kappa shape index (κ2) is 10.4. The summed E-state index contributed by atoms with van der Waals surface area (Å²) in [6.45, 7) is -1.09. The van der Waals surface area contributed by atoms with Crippen molar-refractivity contribution in [3.05, 3.63) is 95.3 Å². The third-order valence-electron chi connectivity index (χ3n) is 5.07. The van der Waals surface area contributed by atoms with Gasteiger partial charge in [0.1, 0.15) is 17.3 Å². The summed E-state index contributed by atoms with van der Waals surface area (Å²) in [6, 6.07) is 12.2. The predicted molar refractivity (Wildman–Crippen MR) is 111 cm³/mol. The highest BCUT2D eigenvalue weighted by atomic mass is 19.4. The number of benzene rings is 3. The molecule has 3 nitrogen and oxygen atoms in total. The fraction of sp³-hybridized carbons (Fsp3) is 0.250. The van der Waals surface area contributed by atoms with Gasteiger partial charge in [0.2, 0.25) is 0 Å². The third kappa shape index (κ3) is 6.49. The molecule has 2 N–H and O–H groups in total. The van der Waals surface area contributed by atoms with Gasteiger partial charge >= 0.3 is 18.3 Å². The van der Waals surface area contributed by atoms with Gasteiger partial charge in [-0.3, -0.25) is 0 Å². The molecule has 0 saturated heterocycles. The minimum atomic E-state index is -5.90. The highest BCUT2D eigenvalue weighted by molar-refractivity contribution is 5.40. The predicted octanol–water partition coefficient (Wildman–Crippen LogP) is 6.87. The summed E-state index contributed by atoms with van der Waals surface area (Å²) in [7, 11) is 0. The smallest absolute Gasteiger partial charge is 0.457 e. The van der Waals surface area contributed by atoms with E-state index in [0.717, 1.165) is 24.3 Å². The molecule has 0 aliphatic heterocycles. The van der Waals surface area contributed by atoms with Crippen LogP contribution >= 0.6 is 0 Å². The fourth-order valence-electron chi connectivity index (χ4n) is 3.25. The van der Waals surface area contributed by atoms with Gasteiger partial charge in [-0.15, -0.1) is 0 Å². The van der Waals surface area contributed by atoms with Crippen LogP contribution in [0.3, 0.4) is 0 Å². The maximum atomic E-state index is 13.9.